The Labute approximate surface area is 148 Å². The van der Waals surface area contributed by atoms with Crippen LogP contribution in [-0.2, 0) is 0 Å². The van der Waals surface area contributed by atoms with Crippen molar-refractivity contribution in [3.8, 4) is 28.8 Å². The number of aromatic carboxylic acids is 1. The van der Waals surface area contributed by atoms with Crippen LogP contribution in [0.4, 0.5) is 0 Å². The Morgan fingerprint density at radius 1 is 1.16 bits per heavy atom. The quantitative estimate of drug-likeness (QED) is 0.734. The van der Waals surface area contributed by atoms with Gasteiger partial charge in [0.1, 0.15) is 17.1 Å². The van der Waals surface area contributed by atoms with E-state index in [0.29, 0.717) is 11.6 Å². The maximum atomic E-state index is 11.4. The molecule has 0 saturated heterocycles. The lowest BCUT2D eigenvalue weighted by Crippen LogP contribution is -2.05. The molecular weight excluding hydrogens is 344 g/mol. The minimum Gasteiger partial charge on any atom is -0.497 e. The predicted octanol–water partition coefficient (Wildman–Crippen LogP) is 4.30. The summed E-state index contributed by atoms with van der Waals surface area (Å²) >= 11 is 6.15. The number of hydrogen-bond donors (Lipinski definition) is 1. The largest absolute Gasteiger partial charge is 0.497 e. The molecule has 1 N–H and O–H groups in total. The third-order valence-electron chi connectivity index (χ3n) is 3.36. The van der Waals surface area contributed by atoms with Gasteiger partial charge in [0.15, 0.2) is 5.82 Å². The van der Waals surface area contributed by atoms with Crippen molar-refractivity contribution >= 4 is 17.6 Å². The van der Waals surface area contributed by atoms with Gasteiger partial charge in [-0.2, -0.15) is 4.98 Å². The first-order valence-electron chi connectivity index (χ1n) is 7.25. The summed E-state index contributed by atoms with van der Waals surface area (Å²) in [6.45, 7) is 0. The number of aromatic nitrogens is 2. The van der Waals surface area contributed by atoms with Crippen LogP contribution in [0.3, 0.4) is 0 Å². The number of benzene rings is 2. The van der Waals surface area contributed by atoms with Crippen molar-refractivity contribution in [2.24, 2.45) is 0 Å². The number of rotatable bonds is 5. The normalized spacial score (nSPS) is 10.3. The number of hydrogen-bond acceptors (Lipinski definition) is 5. The van der Waals surface area contributed by atoms with Gasteiger partial charge in [-0.1, -0.05) is 41.9 Å². The van der Waals surface area contributed by atoms with Crippen molar-refractivity contribution in [3.05, 3.63) is 65.3 Å². The van der Waals surface area contributed by atoms with Gasteiger partial charge >= 0.3 is 5.97 Å². The van der Waals surface area contributed by atoms with Crippen molar-refractivity contribution in [2.45, 2.75) is 0 Å². The molecule has 7 heteroatoms. The van der Waals surface area contributed by atoms with Crippen LogP contribution < -0.4 is 9.47 Å². The van der Waals surface area contributed by atoms with Crippen LogP contribution in [0.2, 0.25) is 5.02 Å². The highest BCUT2D eigenvalue weighted by Gasteiger charge is 2.18. The van der Waals surface area contributed by atoms with Crippen molar-refractivity contribution < 1.29 is 19.4 Å². The Kier molecular flexibility index (Phi) is 4.81. The third kappa shape index (κ3) is 3.70. The van der Waals surface area contributed by atoms with Gasteiger partial charge in [-0.05, 0) is 12.1 Å². The van der Waals surface area contributed by atoms with E-state index in [-0.39, 0.29) is 22.2 Å². The Hall–Kier alpha value is -3.12. The predicted molar refractivity (Wildman–Crippen MR) is 92.5 cm³/mol. The monoisotopic (exact) mass is 356 g/mol. The molecular formula is C18H13ClN2O4. The van der Waals surface area contributed by atoms with Crippen LogP contribution in [0.15, 0.2) is 54.7 Å². The fraction of sp³-hybridized carbons (Fsp3) is 0.0556. The van der Waals surface area contributed by atoms with Crippen molar-refractivity contribution in [1.82, 2.24) is 9.97 Å². The van der Waals surface area contributed by atoms with E-state index in [1.807, 2.05) is 30.3 Å². The molecule has 0 atom stereocenters. The molecule has 25 heavy (non-hydrogen) atoms. The summed E-state index contributed by atoms with van der Waals surface area (Å²) in [6.07, 6.45) is 1.21. The lowest BCUT2D eigenvalue weighted by Gasteiger charge is -2.11. The second kappa shape index (κ2) is 7.19. The van der Waals surface area contributed by atoms with Gasteiger partial charge in [0.25, 0.3) is 0 Å². The van der Waals surface area contributed by atoms with Crippen LogP contribution in [0, 0.1) is 0 Å². The minimum atomic E-state index is -1.20. The lowest BCUT2D eigenvalue weighted by atomic mass is 10.2. The molecule has 0 saturated carbocycles. The maximum Gasteiger partial charge on any atom is 0.342 e. The second-order valence-electron chi connectivity index (χ2n) is 4.98. The molecule has 0 aliphatic rings. The highest BCUT2D eigenvalue weighted by Crippen LogP contribution is 2.33. The SMILES string of the molecule is COc1ccc(Oc2nc(-c3ccccc3)ncc2C(=O)O)c(Cl)c1. The summed E-state index contributed by atoms with van der Waals surface area (Å²) in [5.41, 5.74) is 0.580. The first kappa shape index (κ1) is 16.7. The van der Waals surface area contributed by atoms with E-state index in [4.69, 9.17) is 21.1 Å². The zero-order chi connectivity index (χ0) is 17.8. The molecule has 2 aromatic carbocycles. The van der Waals surface area contributed by atoms with Crippen molar-refractivity contribution in [2.75, 3.05) is 7.11 Å². The van der Waals surface area contributed by atoms with E-state index in [1.54, 1.807) is 18.2 Å². The molecule has 0 aliphatic carbocycles. The lowest BCUT2D eigenvalue weighted by molar-refractivity contribution is 0.0693. The molecule has 3 rings (SSSR count). The van der Waals surface area contributed by atoms with Gasteiger partial charge < -0.3 is 14.6 Å². The summed E-state index contributed by atoms with van der Waals surface area (Å²) < 4.78 is 10.7. The molecule has 0 amide bonds. The first-order chi connectivity index (χ1) is 12.1. The average molecular weight is 357 g/mol. The van der Waals surface area contributed by atoms with E-state index in [0.717, 1.165) is 5.56 Å². The van der Waals surface area contributed by atoms with Crippen LogP contribution in [0.5, 0.6) is 17.4 Å². The number of ether oxygens (including phenoxy) is 2. The Balaban J connectivity index is 2.02. The van der Waals surface area contributed by atoms with E-state index < -0.39 is 5.97 Å². The van der Waals surface area contributed by atoms with Gasteiger partial charge in [-0.25, -0.2) is 9.78 Å². The number of methoxy groups -OCH3 is 1. The topological polar surface area (TPSA) is 81.5 Å². The van der Waals surface area contributed by atoms with Crippen molar-refractivity contribution in [1.29, 1.82) is 0 Å². The summed E-state index contributed by atoms with van der Waals surface area (Å²) in [5.74, 6) is -0.107. The standard InChI is InChI=1S/C18H13ClN2O4/c1-24-12-7-8-15(14(19)9-12)25-17-13(18(22)23)10-20-16(21-17)11-5-3-2-4-6-11/h2-10H,1H3,(H,22,23). The molecule has 0 fully saturated rings. The summed E-state index contributed by atoms with van der Waals surface area (Å²) in [5, 5.41) is 9.62. The Morgan fingerprint density at radius 2 is 1.92 bits per heavy atom. The molecule has 126 valence electrons. The molecule has 3 aromatic rings. The molecule has 0 spiro atoms. The van der Waals surface area contributed by atoms with E-state index in [9.17, 15) is 9.90 Å². The van der Waals surface area contributed by atoms with Crippen LogP contribution in [0.25, 0.3) is 11.4 Å². The Morgan fingerprint density at radius 3 is 2.56 bits per heavy atom. The summed E-state index contributed by atoms with van der Waals surface area (Å²) in [7, 11) is 1.52. The van der Waals surface area contributed by atoms with Gasteiger partial charge in [0.2, 0.25) is 5.88 Å². The van der Waals surface area contributed by atoms with Crippen LogP contribution in [-0.4, -0.2) is 28.2 Å². The molecule has 0 bridgehead atoms. The Bertz CT molecular complexity index is 916. The van der Waals surface area contributed by atoms with Crippen LogP contribution >= 0.6 is 11.6 Å². The van der Waals surface area contributed by atoms with Crippen molar-refractivity contribution in [3.63, 3.8) is 0 Å². The minimum absolute atomic E-state index is 0.0894. The van der Waals surface area contributed by atoms with Gasteiger partial charge in [-0.15, -0.1) is 0 Å². The zero-order valence-electron chi connectivity index (χ0n) is 13.1. The highest BCUT2D eigenvalue weighted by molar-refractivity contribution is 6.32. The van der Waals surface area contributed by atoms with Gasteiger partial charge in [0.05, 0.1) is 12.1 Å². The highest BCUT2D eigenvalue weighted by atomic mass is 35.5. The zero-order valence-corrected chi connectivity index (χ0v) is 13.9. The number of carboxylic acids is 1. The second-order valence-corrected chi connectivity index (χ2v) is 5.39. The maximum absolute atomic E-state index is 11.4. The van der Waals surface area contributed by atoms with Gasteiger partial charge in [-0.3, -0.25) is 0 Å². The molecule has 0 radical (unpaired) electrons. The number of carboxylic acid groups (broad SMARTS) is 1. The molecule has 6 nitrogen and oxygen atoms in total. The smallest absolute Gasteiger partial charge is 0.342 e. The number of halogens is 1. The van der Waals surface area contributed by atoms with Gasteiger partial charge in [0, 0.05) is 17.8 Å². The molecule has 1 aromatic heterocycles. The van der Waals surface area contributed by atoms with E-state index in [1.165, 1.54) is 13.3 Å². The van der Waals surface area contributed by atoms with Crippen LogP contribution in [0.1, 0.15) is 10.4 Å². The summed E-state index contributed by atoms with van der Waals surface area (Å²) in [6, 6.07) is 14.0. The molecule has 1 heterocycles. The van der Waals surface area contributed by atoms with E-state index >= 15 is 0 Å². The van der Waals surface area contributed by atoms with E-state index in [2.05, 4.69) is 9.97 Å². The fourth-order valence-corrected chi connectivity index (χ4v) is 2.32. The molecule has 0 aliphatic heterocycles. The average Bonchev–Trinajstić information content (AvgIpc) is 2.63. The first-order valence-corrected chi connectivity index (χ1v) is 7.63. The fourth-order valence-electron chi connectivity index (χ4n) is 2.11. The molecule has 0 unspecified atom stereocenters. The number of carbonyl (C=O) groups is 1. The third-order valence-corrected chi connectivity index (χ3v) is 3.66. The number of nitrogens with zero attached hydrogens (tertiary/aromatic N) is 2. The summed E-state index contributed by atoms with van der Waals surface area (Å²) in [4.78, 5) is 19.8.